The molecule has 2 aromatic carbocycles. The van der Waals surface area contributed by atoms with Gasteiger partial charge in [-0.05, 0) is 43.2 Å². The van der Waals surface area contributed by atoms with Crippen LogP contribution in [0.4, 0.5) is 0 Å². The maximum absolute atomic E-state index is 13.3. The molecule has 1 unspecified atom stereocenters. The van der Waals surface area contributed by atoms with Crippen molar-refractivity contribution in [3.8, 4) is 0 Å². The van der Waals surface area contributed by atoms with E-state index in [0.717, 1.165) is 11.1 Å². The Hall–Kier alpha value is -2.54. The second-order valence-corrected chi connectivity index (χ2v) is 9.51. The van der Waals surface area contributed by atoms with E-state index < -0.39 is 16.9 Å². The van der Waals surface area contributed by atoms with E-state index in [2.05, 4.69) is 5.32 Å². The summed E-state index contributed by atoms with van der Waals surface area (Å²) in [6.07, 6.45) is 0.608. The third-order valence-electron chi connectivity index (χ3n) is 6.41. The molecule has 0 spiro atoms. The van der Waals surface area contributed by atoms with Crippen LogP contribution >= 0.6 is 23.2 Å². The summed E-state index contributed by atoms with van der Waals surface area (Å²) in [4.78, 5) is 24.9. The summed E-state index contributed by atoms with van der Waals surface area (Å²) in [5.74, 6) is -1.15. The molecule has 0 aliphatic carbocycles. The van der Waals surface area contributed by atoms with Gasteiger partial charge < -0.3 is 19.7 Å². The van der Waals surface area contributed by atoms with E-state index in [9.17, 15) is 14.7 Å². The summed E-state index contributed by atoms with van der Waals surface area (Å²) in [7, 11) is 1.81. The number of amides is 1. The minimum atomic E-state index is -1.01. The largest absolute Gasteiger partial charge is 0.481 e. The molecular weight excluding hydrogens is 451 g/mol. The van der Waals surface area contributed by atoms with Gasteiger partial charge in [-0.1, -0.05) is 47.5 Å². The molecule has 0 saturated carbocycles. The lowest BCUT2D eigenvalue weighted by molar-refractivity contribution is -0.142. The number of nitrogens with zero attached hydrogens (tertiary/aromatic N) is 1. The quantitative estimate of drug-likeness (QED) is 0.551. The number of carboxylic acid groups (broad SMARTS) is 1. The lowest BCUT2D eigenvalue weighted by Gasteiger charge is -2.30. The number of halogens is 2. The Balaban J connectivity index is 1.68. The van der Waals surface area contributed by atoms with Crippen molar-refractivity contribution >= 4 is 46.0 Å². The number of hydrogen-bond donors (Lipinski definition) is 2. The maximum atomic E-state index is 13.3. The SMILES string of the molecule is Cn1c(C(=O)NC2(c3ccc(C(C)(C)C(=O)O)cc3)CCOC2)cc2c(Cl)c(Cl)ccc21. The Bertz CT molecular complexity index is 1210. The second-order valence-electron chi connectivity index (χ2n) is 8.73. The molecule has 1 aliphatic rings. The van der Waals surface area contributed by atoms with Crippen LogP contribution in [0.2, 0.25) is 10.0 Å². The van der Waals surface area contributed by atoms with Crippen molar-refractivity contribution in [1.82, 2.24) is 9.88 Å². The molecule has 1 saturated heterocycles. The van der Waals surface area contributed by atoms with Gasteiger partial charge in [0.15, 0.2) is 0 Å². The van der Waals surface area contributed by atoms with Crippen molar-refractivity contribution in [3.05, 3.63) is 69.3 Å². The fourth-order valence-electron chi connectivity index (χ4n) is 4.14. The van der Waals surface area contributed by atoms with Crippen LogP contribution in [-0.4, -0.2) is 34.8 Å². The number of carbonyl (C=O) groups excluding carboxylic acids is 1. The summed E-state index contributed by atoms with van der Waals surface area (Å²) in [5.41, 5.74) is 1.11. The minimum absolute atomic E-state index is 0.253. The standard InChI is InChI=1S/C24H24Cl2N2O4/c1-23(2,22(30)31)14-4-6-15(7-5-14)24(10-11-32-13-24)27-21(29)19-12-16-18(28(19)3)9-8-17(25)20(16)26/h4-9,12H,10-11,13H2,1-3H3,(H,27,29)(H,30,31). The van der Waals surface area contributed by atoms with E-state index in [1.807, 2.05) is 25.2 Å². The van der Waals surface area contributed by atoms with Crippen LogP contribution in [0.5, 0.6) is 0 Å². The smallest absolute Gasteiger partial charge is 0.313 e. The highest BCUT2D eigenvalue weighted by Gasteiger charge is 2.39. The molecule has 1 aromatic heterocycles. The second kappa shape index (κ2) is 8.10. The van der Waals surface area contributed by atoms with Gasteiger partial charge in [-0.15, -0.1) is 0 Å². The maximum Gasteiger partial charge on any atom is 0.313 e. The number of nitrogens with one attached hydrogen (secondary N) is 1. The van der Waals surface area contributed by atoms with Gasteiger partial charge in [-0.2, -0.15) is 0 Å². The molecule has 6 nitrogen and oxygen atoms in total. The molecule has 2 N–H and O–H groups in total. The van der Waals surface area contributed by atoms with Gasteiger partial charge in [0.05, 0.1) is 27.6 Å². The first kappa shape index (κ1) is 22.6. The Kier molecular flexibility index (Phi) is 5.74. The number of benzene rings is 2. The molecule has 4 rings (SSSR count). The molecule has 1 amide bonds. The number of carbonyl (C=O) groups is 2. The predicted octanol–water partition coefficient (Wildman–Crippen LogP) is 4.89. The third kappa shape index (κ3) is 3.66. The fraction of sp³-hybridized carbons (Fsp3) is 0.333. The van der Waals surface area contributed by atoms with Crippen molar-refractivity contribution in [2.75, 3.05) is 13.2 Å². The fourth-order valence-corrected chi connectivity index (χ4v) is 4.52. The van der Waals surface area contributed by atoms with Crippen LogP contribution in [0.25, 0.3) is 10.9 Å². The molecule has 0 bridgehead atoms. The van der Waals surface area contributed by atoms with Crippen LogP contribution in [0.15, 0.2) is 42.5 Å². The first-order chi connectivity index (χ1) is 15.1. The lowest BCUT2D eigenvalue weighted by atomic mass is 9.82. The number of fused-ring (bicyclic) bond motifs is 1. The number of ether oxygens (including phenoxy) is 1. The predicted molar refractivity (Wildman–Crippen MR) is 125 cm³/mol. The van der Waals surface area contributed by atoms with Crippen molar-refractivity contribution < 1.29 is 19.4 Å². The van der Waals surface area contributed by atoms with Gasteiger partial charge in [-0.3, -0.25) is 9.59 Å². The molecule has 8 heteroatoms. The van der Waals surface area contributed by atoms with E-state index >= 15 is 0 Å². The van der Waals surface area contributed by atoms with Gasteiger partial charge >= 0.3 is 5.97 Å². The summed E-state index contributed by atoms with van der Waals surface area (Å²) in [6, 6.07) is 12.6. The van der Waals surface area contributed by atoms with Crippen LogP contribution in [0.3, 0.4) is 0 Å². The van der Waals surface area contributed by atoms with Crippen LogP contribution in [0, 0.1) is 0 Å². The zero-order valence-corrected chi connectivity index (χ0v) is 19.5. The molecular formula is C24H24Cl2N2O4. The zero-order valence-electron chi connectivity index (χ0n) is 18.0. The van der Waals surface area contributed by atoms with Gasteiger partial charge in [0.1, 0.15) is 5.69 Å². The first-order valence-electron chi connectivity index (χ1n) is 10.2. The van der Waals surface area contributed by atoms with E-state index in [1.54, 1.807) is 42.7 Å². The molecule has 32 heavy (non-hydrogen) atoms. The molecule has 1 fully saturated rings. The Morgan fingerprint density at radius 3 is 2.44 bits per heavy atom. The highest BCUT2D eigenvalue weighted by molar-refractivity contribution is 6.45. The minimum Gasteiger partial charge on any atom is -0.481 e. The van der Waals surface area contributed by atoms with Gasteiger partial charge in [0.25, 0.3) is 5.91 Å². The van der Waals surface area contributed by atoms with Crippen LogP contribution in [0.1, 0.15) is 41.9 Å². The van der Waals surface area contributed by atoms with Crippen molar-refractivity contribution in [2.45, 2.75) is 31.2 Å². The van der Waals surface area contributed by atoms with Crippen molar-refractivity contribution in [3.63, 3.8) is 0 Å². The Labute approximate surface area is 196 Å². The average Bonchev–Trinajstić information content (AvgIpc) is 3.36. The molecule has 1 aliphatic heterocycles. The van der Waals surface area contributed by atoms with Gasteiger partial charge in [-0.25, -0.2) is 0 Å². The van der Waals surface area contributed by atoms with Crippen molar-refractivity contribution in [2.24, 2.45) is 7.05 Å². The zero-order chi connectivity index (χ0) is 23.3. The molecule has 0 radical (unpaired) electrons. The van der Waals surface area contributed by atoms with Gasteiger partial charge in [0.2, 0.25) is 0 Å². The Morgan fingerprint density at radius 2 is 1.84 bits per heavy atom. The highest BCUT2D eigenvalue weighted by atomic mass is 35.5. The van der Waals surface area contributed by atoms with Crippen LogP contribution in [-0.2, 0) is 27.5 Å². The molecule has 2 heterocycles. The average molecular weight is 475 g/mol. The first-order valence-corrected chi connectivity index (χ1v) is 11.0. The summed E-state index contributed by atoms with van der Waals surface area (Å²) in [5, 5.41) is 14.2. The third-order valence-corrected chi connectivity index (χ3v) is 7.23. The summed E-state index contributed by atoms with van der Waals surface area (Å²) >= 11 is 12.5. The van der Waals surface area contributed by atoms with E-state index in [4.69, 9.17) is 27.9 Å². The number of carboxylic acids is 1. The number of rotatable bonds is 5. The topological polar surface area (TPSA) is 80.6 Å². The lowest BCUT2D eigenvalue weighted by Crippen LogP contribution is -2.47. The number of hydrogen-bond acceptors (Lipinski definition) is 3. The van der Waals surface area contributed by atoms with Gasteiger partial charge in [0, 0.05) is 31.0 Å². The van der Waals surface area contributed by atoms with E-state index in [0.29, 0.717) is 46.3 Å². The normalized spacial score (nSPS) is 18.8. The van der Waals surface area contributed by atoms with Crippen LogP contribution < -0.4 is 5.32 Å². The van der Waals surface area contributed by atoms with Crippen molar-refractivity contribution in [1.29, 1.82) is 0 Å². The highest BCUT2D eigenvalue weighted by Crippen LogP contribution is 2.35. The number of aryl methyl sites for hydroxylation is 1. The molecule has 168 valence electrons. The monoisotopic (exact) mass is 474 g/mol. The Morgan fingerprint density at radius 1 is 1.16 bits per heavy atom. The molecule has 1 atom stereocenters. The summed E-state index contributed by atoms with van der Waals surface area (Å²) < 4.78 is 7.44. The summed E-state index contributed by atoms with van der Waals surface area (Å²) in [6.45, 7) is 4.17. The number of aliphatic carboxylic acids is 1. The van der Waals surface area contributed by atoms with E-state index in [1.165, 1.54) is 0 Å². The van der Waals surface area contributed by atoms with E-state index in [-0.39, 0.29) is 5.91 Å². The number of aromatic nitrogens is 1. The molecule has 3 aromatic rings.